The quantitative estimate of drug-likeness (QED) is 0.722. The fourth-order valence-corrected chi connectivity index (χ4v) is 3.08. The van der Waals surface area contributed by atoms with Crippen LogP contribution in [-0.4, -0.2) is 55.3 Å². The molecular formula is C18H24BrN3O5. The molecule has 0 atom stereocenters. The topological polar surface area (TPSA) is 88.2 Å². The van der Waals surface area contributed by atoms with E-state index in [1.807, 2.05) is 0 Å². The Hall–Kier alpha value is -2.29. The number of halogens is 1. The minimum atomic E-state index is -0.643. The van der Waals surface area contributed by atoms with Crippen molar-refractivity contribution in [3.8, 4) is 0 Å². The highest BCUT2D eigenvalue weighted by Gasteiger charge is 2.29. The summed E-state index contributed by atoms with van der Waals surface area (Å²) in [6.45, 7) is 6.21. The maximum absolute atomic E-state index is 12.6. The predicted molar refractivity (Wildman–Crippen MR) is 103 cm³/mol. The molecule has 1 aliphatic heterocycles. The summed E-state index contributed by atoms with van der Waals surface area (Å²) in [6, 6.07) is 5.05. The normalized spacial score (nSPS) is 14.1. The minimum absolute atomic E-state index is 0.181. The second-order valence-electron chi connectivity index (χ2n) is 7.01. The fraction of sp³-hybridized carbons (Fsp3) is 0.500. The smallest absolute Gasteiger partial charge is 0.408 e. The Labute approximate surface area is 166 Å². The number of benzene rings is 1. The van der Waals surface area contributed by atoms with Gasteiger partial charge in [0.1, 0.15) is 12.1 Å². The van der Waals surface area contributed by atoms with Gasteiger partial charge in [0.15, 0.2) is 0 Å². The Morgan fingerprint density at radius 3 is 2.56 bits per heavy atom. The lowest BCUT2D eigenvalue weighted by Crippen LogP contribution is -2.47. The van der Waals surface area contributed by atoms with Crippen LogP contribution in [0.15, 0.2) is 22.7 Å². The fourth-order valence-electron chi connectivity index (χ4n) is 2.63. The monoisotopic (exact) mass is 441 g/mol. The van der Waals surface area contributed by atoms with Crippen molar-refractivity contribution in [1.82, 2.24) is 10.3 Å². The van der Waals surface area contributed by atoms with E-state index in [1.165, 1.54) is 7.11 Å². The largest absolute Gasteiger partial charge is 0.465 e. The van der Waals surface area contributed by atoms with Gasteiger partial charge in [-0.2, -0.15) is 0 Å². The summed E-state index contributed by atoms with van der Waals surface area (Å²) < 4.78 is 10.6. The Bertz CT molecular complexity index is 732. The van der Waals surface area contributed by atoms with Crippen molar-refractivity contribution in [2.45, 2.75) is 32.8 Å². The number of amides is 2. The van der Waals surface area contributed by atoms with Crippen molar-refractivity contribution < 1.29 is 23.9 Å². The molecule has 0 spiro atoms. The van der Waals surface area contributed by atoms with E-state index in [-0.39, 0.29) is 12.5 Å². The highest BCUT2D eigenvalue weighted by atomic mass is 79.9. The molecule has 27 heavy (non-hydrogen) atoms. The standard InChI is InChI=1S/C18H24BrN3O5/c1-18(2,3)27-17(25)20-11-15(23)22-9-5-8-21(22)14-10-12(16(24)26-4)6-7-13(14)19/h6-7,10H,5,8-9,11H2,1-4H3,(H,20,25). The first-order valence-electron chi connectivity index (χ1n) is 8.55. The second-order valence-corrected chi connectivity index (χ2v) is 7.86. The van der Waals surface area contributed by atoms with Crippen LogP contribution in [0.5, 0.6) is 0 Å². The maximum Gasteiger partial charge on any atom is 0.408 e. The lowest BCUT2D eigenvalue weighted by Gasteiger charge is -2.31. The van der Waals surface area contributed by atoms with Gasteiger partial charge in [-0.3, -0.25) is 14.8 Å². The molecule has 0 bridgehead atoms. The van der Waals surface area contributed by atoms with Gasteiger partial charge in [-0.05, 0) is 61.3 Å². The number of nitrogens with one attached hydrogen (secondary N) is 1. The van der Waals surface area contributed by atoms with Gasteiger partial charge in [-0.1, -0.05) is 0 Å². The van der Waals surface area contributed by atoms with Gasteiger partial charge in [-0.25, -0.2) is 9.59 Å². The molecule has 1 fully saturated rings. The van der Waals surface area contributed by atoms with Crippen LogP contribution in [0.2, 0.25) is 0 Å². The van der Waals surface area contributed by atoms with Crippen molar-refractivity contribution in [3.63, 3.8) is 0 Å². The highest BCUT2D eigenvalue weighted by molar-refractivity contribution is 9.10. The molecule has 1 N–H and O–H groups in total. The zero-order valence-corrected chi connectivity index (χ0v) is 17.5. The lowest BCUT2D eigenvalue weighted by atomic mass is 10.2. The molecule has 0 aromatic heterocycles. The van der Waals surface area contributed by atoms with Crippen LogP contribution < -0.4 is 10.3 Å². The number of carbonyl (C=O) groups excluding carboxylic acids is 3. The van der Waals surface area contributed by atoms with E-state index < -0.39 is 17.7 Å². The number of ether oxygens (including phenoxy) is 2. The first kappa shape index (κ1) is 21.0. The zero-order valence-electron chi connectivity index (χ0n) is 15.9. The summed E-state index contributed by atoms with van der Waals surface area (Å²) in [7, 11) is 1.32. The van der Waals surface area contributed by atoms with Crippen LogP contribution in [0.25, 0.3) is 0 Å². The van der Waals surface area contributed by atoms with Gasteiger partial charge in [-0.15, -0.1) is 0 Å². The van der Waals surface area contributed by atoms with Crippen LogP contribution in [0.1, 0.15) is 37.6 Å². The molecule has 1 heterocycles. The Morgan fingerprint density at radius 2 is 1.93 bits per heavy atom. The molecule has 9 heteroatoms. The number of carbonyl (C=O) groups is 3. The number of anilines is 1. The van der Waals surface area contributed by atoms with E-state index in [0.29, 0.717) is 24.3 Å². The van der Waals surface area contributed by atoms with E-state index in [1.54, 1.807) is 49.0 Å². The van der Waals surface area contributed by atoms with Crippen LogP contribution in [-0.2, 0) is 14.3 Å². The van der Waals surface area contributed by atoms with Crippen molar-refractivity contribution >= 4 is 39.6 Å². The summed E-state index contributed by atoms with van der Waals surface area (Å²) in [5, 5.41) is 5.82. The molecule has 8 nitrogen and oxygen atoms in total. The Morgan fingerprint density at radius 1 is 1.22 bits per heavy atom. The molecule has 1 aliphatic rings. The van der Waals surface area contributed by atoms with Gasteiger partial charge in [0.05, 0.1) is 18.4 Å². The first-order valence-corrected chi connectivity index (χ1v) is 9.34. The molecule has 2 rings (SSSR count). The number of rotatable bonds is 4. The minimum Gasteiger partial charge on any atom is -0.465 e. The summed E-state index contributed by atoms with van der Waals surface area (Å²) >= 11 is 3.46. The Kier molecular flexibility index (Phi) is 6.69. The third-order valence-corrected chi connectivity index (χ3v) is 4.42. The number of hydrazine groups is 1. The number of nitrogens with zero attached hydrogens (tertiary/aromatic N) is 2. The van der Waals surface area contributed by atoms with E-state index >= 15 is 0 Å². The van der Waals surface area contributed by atoms with Gasteiger partial charge in [0.2, 0.25) is 0 Å². The number of alkyl carbamates (subject to hydrolysis) is 1. The third kappa shape index (κ3) is 5.59. The molecule has 1 saturated heterocycles. The van der Waals surface area contributed by atoms with E-state index in [0.717, 1.165) is 10.9 Å². The van der Waals surface area contributed by atoms with Crippen molar-refractivity contribution in [3.05, 3.63) is 28.2 Å². The average Bonchev–Trinajstić information content (AvgIpc) is 3.07. The molecule has 0 aliphatic carbocycles. The highest BCUT2D eigenvalue weighted by Crippen LogP contribution is 2.31. The molecule has 1 aromatic rings. The summed E-state index contributed by atoms with van der Waals surface area (Å²) in [5.41, 5.74) is 0.439. The maximum atomic E-state index is 12.6. The van der Waals surface area contributed by atoms with Gasteiger partial charge < -0.3 is 14.8 Å². The zero-order chi connectivity index (χ0) is 20.2. The van der Waals surface area contributed by atoms with Crippen LogP contribution in [0.4, 0.5) is 10.5 Å². The molecule has 148 valence electrons. The van der Waals surface area contributed by atoms with Gasteiger partial charge in [0, 0.05) is 17.6 Å². The van der Waals surface area contributed by atoms with Crippen LogP contribution in [0, 0.1) is 0 Å². The predicted octanol–water partition coefficient (Wildman–Crippen LogP) is 2.71. The molecule has 2 amide bonds. The first-order chi connectivity index (χ1) is 12.6. The van der Waals surface area contributed by atoms with Crippen molar-refractivity contribution in [2.75, 3.05) is 31.8 Å². The van der Waals surface area contributed by atoms with E-state index in [4.69, 9.17) is 9.47 Å². The summed E-state index contributed by atoms with van der Waals surface area (Å²) in [6.07, 6.45) is 0.128. The van der Waals surface area contributed by atoms with Crippen molar-refractivity contribution in [2.24, 2.45) is 0 Å². The number of hydrogen-bond acceptors (Lipinski definition) is 6. The van der Waals surface area contributed by atoms with Gasteiger partial charge >= 0.3 is 12.1 Å². The van der Waals surface area contributed by atoms with E-state index in [9.17, 15) is 14.4 Å². The van der Waals surface area contributed by atoms with Crippen LogP contribution in [0.3, 0.4) is 0 Å². The SMILES string of the molecule is COC(=O)c1ccc(Br)c(N2CCCN2C(=O)CNC(=O)OC(C)(C)C)c1. The number of methoxy groups -OCH3 is 1. The molecule has 1 aromatic carbocycles. The second kappa shape index (κ2) is 8.60. The number of hydrogen-bond donors (Lipinski definition) is 1. The summed E-state index contributed by atoms with van der Waals surface area (Å²) in [4.78, 5) is 36.2. The van der Waals surface area contributed by atoms with E-state index in [2.05, 4.69) is 21.2 Å². The molecule has 0 radical (unpaired) electrons. The average molecular weight is 442 g/mol. The lowest BCUT2D eigenvalue weighted by molar-refractivity contribution is -0.129. The third-order valence-electron chi connectivity index (χ3n) is 3.75. The number of esters is 1. The molecule has 0 unspecified atom stereocenters. The molecule has 0 saturated carbocycles. The van der Waals surface area contributed by atoms with Gasteiger partial charge in [0.25, 0.3) is 5.91 Å². The Balaban J connectivity index is 2.09. The van der Waals surface area contributed by atoms with Crippen molar-refractivity contribution in [1.29, 1.82) is 0 Å². The van der Waals surface area contributed by atoms with Crippen LogP contribution >= 0.6 is 15.9 Å². The molecular weight excluding hydrogens is 418 g/mol. The summed E-state index contributed by atoms with van der Waals surface area (Å²) in [5.74, 6) is -0.721.